The lowest BCUT2D eigenvalue weighted by molar-refractivity contribution is -0.144. The zero-order chi connectivity index (χ0) is 31.9. The lowest BCUT2D eigenvalue weighted by Crippen LogP contribution is -2.38. The van der Waals surface area contributed by atoms with Crippen molar-refractivity contribution in [2.24, 2.45) is 11.8 Å². The van der Waals surface area contributed by atoms with Crippen LogP contribution in [0.2, 0.25) is 0 Å². The van der Waals surface area contributed by atoms with Crippen molar-refractivity contribution in [2.45, 2.75) is 88.1 Å². The Bertz CT molecular complexity index is 1490. The van der Waals surface area contributed by atoms with Crippen LogP contribution in [0.5, 0.6) is 0 Å². The van der Waals surface area contributed by atoms with Gasteiger partial charge in [0.25, 0.3) is 5.91 Å². The van der Waals surface area contributed by atoms with Gasteiger partial charge >= 0.3 is 12.4 Å². The Hall–Kier alpha value is -3.79. The van der Waals surface area contributed by atoms with Crippen LogP contribution in [-0.4, -0.2) is 49.8 Å². The van der Waals surface area contributed by atoms with Crippen LogP contribution < -0.4 is 10.6 Å². The molecule has 0 spiro atoms. The number of rotatable bonds is 10. The van der Waals surface area contributed by atoms with Gasteiger partial charge in [-0.05, 0) is 49.1 Å². The monoisotopic (exact) mass is 636 g/mol. The average Bonchev–Trinajstić information content (AvgIpc) is 3.51. The van der Waals surface area contributed by atoms with E-state index in [1.165, 1.54) is 16.9 Å². The molecule has 0 radical (unpaired) electrons. The largest absolute Gasteiger partial charge is 0.393 e. The van der Waals surface area contributed by atoms with Gasteiger partial charge in [-0.15, -0.1) is 0 Å². The highest BCUT2D eigenvalue weighted by Gasteiger charge is 2.41. The predicted molar refractivity (Wildman–Crippen MR) is 135 cm³/mol. The van der Waals surface area contributed by atoms with E-state index in [-0.39, 0.29) is 30.1 Å². The van der Waals surface area contributed by atoms with E-state index in [9.17, 15) is 44.7 Å². The van der Waals surface area contributed by atoms with Gasteiger partial charge in [0.15, 0.2) is 11.3 Å². The number of hydrogen-bond donors (Lipinski definition) is 2. The van der Waals surface area contributed by atoms with Crippen LogP contribution in [0.4, 0.5) is 35.1 Å². The van der Waals surface area contributed by atoms with Gasteiger partial charge in [0.1, 0.15) is 6.26 Å². The van der Waals surface area contributed by atoms with Crippen LogP contribution in [-0.2, 0) is 11.2 Å². The summed E-state index contributed by atoms with van der Waals surface area (Å²) >= 11 is 0. The van der Waals surface area contributed by atoms with Gasteiger partial charge in [-0.1, -0.05) is 5.16 Å². The summed E-state index contributed by atoms with van der Waals surface area (Å²) in [6, 6.07) is -0.0274. The van der Waals surface area contributed by atoms with Crippen molar-refractivity contribution in [1.29, 1.82) is 0 Å². The van der Waals surface area contributed by atoms with Gasteiger partial charge in [-0.2, -0.15) is 31.4 Å². The van der Waals surface area contributed by atoms with Crippen molar-refractivity contribution in [1.82, 2.24) is 30.4 Å². The summed E-state index contributed by atoms with van der Waals surface area (Å²) in [4.78, 5) is 29.9. The fourth-order valence-corrected chi connectivity index (χ4v) is 5.46. The molecule has 0 unspecified atom stereocenters. The fraction of sp³-hybridized carbons (Fsp3) is 0.593. The molecular weight excluding hydrogens is 608 g/mol. The first-order chi connectivity index (χ1) is 20.6. The lowest BCUT2D eigenvalue weighted by atomic mass is 9.81. The van der Waals surface area contributed by atoms with Crippen molar-refractivity contribution >= 4 is 17.5 Å². The normalized spacial score (nSPS) is 19.1. The first-order valence-electron chi connectivity index (χ1n) is 14.0. The number of aromatic nitrogens is 4. The molecule has 2 aliphatic rings. The molecule has 17 heteroatoms. The number of imidazole rings is 1. The Balaban J connectivity index is 1.40. The van der Waals surface area contributed by atoms with Gasteiger partial charge in [0.2, 0.25) is 11.8 Å². The fourth-order valence-electron chi connectivity index (χ4n) is 5.46. The Morgan fingerprint density at radius 3 is 2.32 bits per heavy atom. The quantitative estimate of drug-likeness (QED) is 0.263. The summed E-state index contributed by atoms with van der Waals surface area (Å²) in [7, 11) is 0. The smallest absolute Gasteiger partial charge is 0.364 e. The van der Waals surface area contributed by atoms with Gasteiger partial charge in [0, 0.05) is 24.8 Å². The van der Waals surface area contributed by atoms with Gasteiger partial charge < -0.3 is 15.2 Å². The zero-order valence-corrected chi connectivity index (χ0v) is 23.0. The van der Waals surface area contributed by atoms with E-state index in [1.807, 2.05) is 0 Å². The molecule has 0 aromatic carbocycles. The molecule has 44 heavy (non-hydrogen) atoms. The number of carbonyl (C=O) groups is 2. The molecule has 0 aliphatic heterocycles. The van der Waals surface area contributed by atoms with E-state index >= 15 is 0 Å². The van der Waals surface area contributed by atoms with Crippen LogP contribution in [0, 0.1) is 11.8 Å². The topological polar surface area (TPSA) is 114 Å². The van der Waals surface area contributed by atoms with Crippen LogP contribution in [0.25, 0.3) is 5.65 Å². The highest BCUT2D eigenvalue weighted by Crippen LogP contribution is 2.43. The zero-order valence-electron chi connectivity index (χ0n) is 23.0. The number of nitrogens with zero attached hydrogens (tertiary/aromatic N) is 4. The maximum atomic E-state index is 14.0. The molecule has 3 aromatic heterocycles. The molecule has 2 amide bonds. The summed E-state index contributed by atoms with van der Waals surface area (Å²) in [5.74, 6) is -5.21. The number of carbonyl (C=O) groups excluding carboxylic acids is 2. The third-order valence-electron chi connectivity index (χ3n) is 7.85. The number of amides is 2. The number of halogens is 8. The lowest BCUT2D eigenvalue weighted by Gasteiger charge is -2.33. The second kappa shape index (κ2) is 12.0. The minimum Gasteiger partial charge on any atom is -0.364 e. The number of alkyl halides is 8. The van der Waals surface area contributed by atoms with Gasteiger partial charge in [-0.3, -0.25) is 9.59 Å². The van der Waals surface area contributed by atoms with Crippen LogP contribution in [0.15, 0.2) is 29.2 Å². The summed E-state index contributed by atoms with van der Waals surface area (Å²) in [6.45, 7) is 0. The van der Waals surface area contributed by atoms with Crippen molar-refractivity contribution in [3.8, 4) is 0 Å². The first-order valence-corrected chi connectivity index (χ1v) is 14.0. The Morgan fingerprint density at radius 1 is 1.00 bits per heavy atom. The molecule has 3 aromatic rings. The van der Waals surface area contributed by atoms with Crippen molar-refractivity contribution < 1.29 is 49.2 Å². The summed E-state index contributed by atoms with van der Waals surface area (Å²) < 4.78 is 111. The summed E-state index contributed by atoms with van der Waals surface area (Å²) in [6.07, 6.45) is -8.42. The Labute approximate surface area is 244 Å². The van der Waals surface area contributed by atoms with Crippen molar-refractivity contribution in [3.05, 3.63) is 47.2 Å². The Kier molecular flexibility index (Phi) is 8.59. The highest BCUT2D eigenvalue weighted by atomic mass is 19.4. The third-order valence-corrected chi connectivity index (χ3v) is 7.85. The van der Waals surface area contributed by atoms with Gasteiger partial charge in [-0.25, -0.2) is 18.3 Å². The number of nitrogens with one attached hydrogen (secondary N) is 2. The van der Waals surface area contributed by atoms with Crippen molar-refractivity contribution in [2.75, 3.05) is 0 Å². The molecule has 2 saturated carbocycles. The molecule has 0 bridgehead atoms. The summed E-state index contributed by atoms with van der Waals surface area (Å²) in [5, 5.41) is 13.0. The minimum absolute atomic E-state index is 0.00665. The van der Waals surface area contributed by atoms with Crippen LogP contribution >= 0.6 is 0 Å². The second-order valence-electron chi connectivity index (χ2n) is 11.4. The van der Waals surface area contributed by atoms with E-state index in [2.05, 4.69) is 30.4 Å². The molecule has 9 nitrogen and oxygen atoms in total. The van der Waals surface area contributed by atoms with E-state index in [0.717, 1.165) is 12.8 Å². The number of fused-ring (bicyclic) bond motifs is 1. The molecule has 240 valence electrons. The molecular formula is C27H28F8N6O3. The second-order valence-corrected chi connectivity index (χ2v) is 11.4. The highest BCUT2D eigenvalue weighted by molar-refractivity contribution is 5.93. The van der Waals surface area contributed by atoms with E-state index in [1.54, 1.807) is 6.07 Å². The van der Waals surface area contributed by atoms with E-state index < -0.39 is 91.5 Å². The van der Waals surface area contributed by atoms with E-state index in [0.29, 0.717) is 11.8 Å². The first kappa shape index (κ1) is 31.6. The molecule has 2 fully saturated rings. The van der Waals surface area contributed by atoms with E-state index in [4.69, 9.17) is 0 Å². The maximum absolute atomic E-state index is 14.0. The van der Waals surface area contributed by atoms with Crippen LogP contribution in [0.3, 0.4) is 0 Å². The van der Waals surface area contributed by atoms with Crippen molar-refractivity contribution in [3.63, 3.8) is 0 Å². The molecule has 5 rings (SSSR count). The molecule has 3 heterocycles. The standard InChI is InChI=1S/C27H28F8N6O3/c28-25(29)6-3-15(4-7-25)22(39-24(43)23-17(13-44-40-23)10-27(33,34)35)18-12-41-19(37-18)9-16(11-36-41)21(14-1-2-14)38-20(42)5-8-26(30,31)32/h9,11-15,21-22H,1-8,10H2,(H,38,42)(H,39,43)/t21-,22+/m1/s1. The maximum Gasteiger partial charge on any atom is 0.393 e. The number of hydrogen-bond acceptors (Lipinski definition) is 6. The third kappa shape index (κ3) is 8.02. The van der Waals surface area contributed by atoms with Crippen LogP contribution in [0.1, 0.15) is 90.8 Å². The van der Waals surface area contributed by atoms with Gasteiger partial charge in [0.05, 0.1) is 43.0 Å². The molecule has 2 aliphatic carbocycles. The predicted octanol–water partition coefficient (Wildman–Crippen LogP) is 6.03. The Morgan fingerprint density at radius 2 is 1.68 bits per heavy atom. The molecule has 2 N–H and O–H groups in total. The molecule has 2 atom stereocenters. The minimum atomic E-state index is -4.64. The average molecular weight is 637 g/mol. The summed E-state index contributed by atoms with van der Waals surface area (Å²) in [5.41, 5.74) is -0.141. The SMILES string of the molecule is O=C(CCC(F)(F)F)N[C@@H](c1cnn2cc([C@@H](NC(=O)c3nocc3CC(F)(F)F)C3CCC(F)(F)CC3)nc2c1)C1CC1. The molecule has 0 saturated heterocycles.